The summed E-state index contributed by atoms with van der Waals surface area (Å²) in [4.78, 5) is 48.1. The van der Waals surface area contributed by atoms with Gasteiger partial charge in [0.25, 0.3) is 0 Å². The lowest BCUT2D eigenvalue weighted by Gasteiger charge is -2.18. The molecule has 0 aliphatic rings. The summed E-state index contributed by atoms with van der Waals surface area (Å²) in [5, 5.41) is 0. The van der Waals surface area contributed by atoms with Gasteiger partial charge in [-0.05, 0) is 38.1 Å². The van der Waals surface area contributed by atoms with Crippen molar-refractivity contribution in [2.75, 3.05) is 26.4 Å². The van der Waals surface area contributed by atoms with Gasteiger partial charge < -0.3 is 28.4 Å². The highest BCUT2D eigenvalue weighted by Crippen LogP contribution is 2.11. The Labute approximate surface area is 209 Å². The maximum Gasteiger partial charge on any atom is 0.338 e. The van der Waals surface area contributed by atoms with Gasteiger partial charge in [-0.25, -0.2) is 19.2 Å². The minimum atomic E-state index is -0.884. The maximum absolute atomic E-state index is 12.5. The highest BCUT2D eigenvalue weighted by Gasteiger charge is 2.21. The third-order valence-corrected chi connectivity index (χ3v) is 4.13. The summed E-state index contributed by atoms with van der Waals surface area (Å²) in [6, 6.07) is 5.49. The van der Waals surface area contributed by atoms with Crippen molar-refractivity contribution < 1.29 is 47.6 Å². The largest absolute Gasteiger partial charge is 0.498 e. The third-order valence-electron chi connectivity index (χ3n) is 4.13. The van der Waals surface area contributed by atoms with Gasteiger partial charge in [-0.3, -0.25) is 0 Å². The molecule has 0 bridgehead atoms. The van der Waals surface area contributed by atoms with Crippen LogP contribution in [0.25, 0.3) is 0 Å². The van der Waals surface area contributed by atoms with Crippen LogP contribution in [0, 0.1) is 0 Å². The normalized spacial score (nSPS) is 12.3. The number of ether oxygens (including phenoxy) is 6. The molecule has 1 aromatic rings. The van der Waals surface area contributed by atoms with Crippen LogP contribution in [0.3, 0.4) is 0 Å². The Bertz CT molecular complexity index is 869. The first-order valence-electron chi connectivity index (χ1n) is 10.9. The van der Waals surface area contributed by atoms with Gasteiger partial charge in [-0.1, -0.05) is 25.3 Å². The fourth-order valence-corrected chi connectivity index (χ4v) is 2.48. The van der Waals surface area contributed by atoms with E-state index in [0.29, 0.717) is 0 Å². The van der Waals surface area contributed by atoms with Crippen molar-refractivity contribution in [3.8, 4) is 0 Å². The summed E-state index contributed by atoms with van der Waals surface area (Å²) in [5.41, 5.74) is 0.281. The van der Waals surface area contributed by atoms with Gasteiger partial charge >= 0.3 is 23.9 Å². The molecule has 0 saturated carbocycles. The van der Waals surface area contributed by atoms with E-state index in [1.807, 2.05) is 0 Å². The average molecular weight is 503 g/mol. The van der Waals surface area contributed by atoms with Crippen LogP contribution in [-0.4, -0.2) is 62.5 Å². The van der Waals surface area contributed by atoms with Crippen LogP contribution in [0.2, 0.25) is 0 Å². The molecule has 1 aromatic carbocycles. The number of allylic oxidation sites excluding steroid dienone is 2. The fourth-order valence-electron chi connectivity index (χ4n) is 2.48. The van der Waals surface area contributed by atoms with E-state index in [-0.39, 0.29) is 37.6 Å². The molecule has 0 N–H and O–H groups in total. The first kappa shape index (κ1) is 29.7. The highest BCUT2D eigenvalue weighted by molar-refractivity contribution is 5.93. The molecular formula is C26H30O10. The van der Waals surface area contributed by atoms with E-state index in [9.17, 15) is 19.2 Å². The Morgan fingerprint density at radius 1 is 0.694 bits per heavy atom. The van der Waals surface area contributed by atoms with Crippen LogP contribution in [0.1, 0.15) is 34.6 Å². The molecule has 1 rings (SSSR count). The molecule has 36 heavy (non-hydrogen) atoms. The predicted molar refractivity (Wildman–Crippen MR) is 129 cm³/mol. The molecule has 2 atom stereocenters. The zero-order chi connectivity index (χ0) is 26.8. The molecule has 0 amide bonds. The second-order valence-electron chi connectivity index (χ2n) is 6.89. The molecule has 0 spiro atoms. The number of carbonyl (C=O) groups excluding carboxylic acids is 4. The van der Waals surface area contributed by atoms with Gasteiger partial charge in [0.05, 0.1) is 23.7 Å². The molecule has 0 aliphatic heterocycles. The molecule has 0 aliphatic carbocycles. The summed E-state index contributed by atoms with van der Waals surface area (Å²) < 4.78 is 30.8. The van der Waals surface area contributed by atoms with Crippen molar-refractivity contribution in [2.45, 2.75) is 26.1 Å². The molecule has 0 aromatic heterocycles. The lowest BCUT2D eigenvalue weighted by molar-refractivity contribution is -0.142. The third kappa shape index (κ3) is 11.7. The topological polar surface area (TPSA) is 124 Å². The summed E-state index contributed by atoms with van der Waals surface area (Å²) in [5.74, 6) is -2.62. The van der Waals surface area contributed by atoms with E-state index in [4.69, 9.17) is 28.4 Å². The van der Waals surface area contributed by atoms with E-state index in [1.54, 1.807) is 13.8 Å². The van der Waals surface area contributed by atoms with Crippen molar-refractivity contribution in [3.63, 3.8) is 0 Å². The molecule has 10 heteroatoms. The van der Waals surface area contributed by atoms with E-state index in [1.165, 1.54) is 61.1 Å². The Kier molecular flexibility index (Phi) is 14.1. The summed E-state index contributed by atoms with van der Waals surface area (Å²) in [6.45, 7) is 9.57. The van der Waals surface area contributed by atoms with Crippen LogP contribution in [0.15, 0.2) is 74.3 Å². The molecule has 0 radical (unpaired) electrons. The summed E-state index contributed by atoms with van der Waals surface area (Å²) in [6.07, 6.45) is 6.06. The molecule has 10 nitrogen and oxygen atoms in total. The molecule has 2 unspecified atom stereocenters. The number of esters is 4. The number of rotatable bonds is 16. The first-order valence-corrected chi connectivity index (χ1v) is 10.9. The standard InChI is InChI=1S/C26H30O10/c1-5-9-23(27)33-17-21(15-31-7-3)35-25(29)19-11-13-20(14-12-19)26(30)36-22(16-32-8-4)18-34-24(28)10-6-2/h5-14,21-22H,3-4,15-18H2,1-2H3/b9-5+,10-6+. The smallest absolute Gasteiger partial charge is 0.338 e. The molecule has 194 valence electrons. The van der Waals surface area contributed by atoms with Gasteiger partial charge in [0.15, 0.2) is 12.2 Å². The van der Waals surface area contributed by atoms with Crippen LogP contribution >= 0.6 is 0 Å². The molecular weight excluding hydrogens is 472 g/mol. The monoisotopic (exact) mass is 502 g/mol. The van der Waals surface area contributed by atoms with Crippen LogP contribution in [-0.2, 0) is 38.0 Å². The van der Waals surface area contributed by atoms with E-state index in [0.717, 1.165) is 0 Å². The van der Waals surface area contributed by atoms with Crippen molar-refractivity contribution in [1.29, 1.82) is 0 Å². The van der Waals surface area contributed by atoms with Crippen LogP contribution in [0.4, 0.5) is 0 Å². The quantitative estimate of drug-likeness (QED) is 0.144. The van der Waals surface area contributed by atoms with Gasteiger partial charge in [-0.15, -0.1) is 0 Å². The van der Waals surface area contributed by atoms with Gasteiger partial charge in [0.1, 0.15) is 26.4 Å². The number of carbonyl (C=O) groups is 4. The number of benzene rings is 1. The predicted octanol–water partition coefficient (Wildman–Crippen LogP) is 3.30. The van der Waals surface area contributed by atoms with Crippen LogP contribution < -0.4 is 0 Å². The Morgan fingerprint density at radius 2 is 1.06 bits per heavy atom. The van der Waals surface area contributed by atoms with Crippen molar-refractivity contribution in [3.05, 3.63) is 85.4 Å². The second-order valence-corrected chi connectivity index (χ2v) is 6.89. The minimum Gasteiger partial charge on any atom is -0.498 e. The fraction of sp³-hybridized carbons (Fsp3) is 0.308. The summed E-state index contributed by atoms with van der Waals surface area (Å²) >= 11 is 0. The minimum absolute atomic E-state index is 0.0739. The number of hydrogen-bond donors (Lipinski definition) is 0. The molecule has 0 saturated heterocycles. The van der Waals surface area contributed by atoms with Crippen molar-refractivity contribution in [1.82, 2.24) is 0 Å². The Morgan fingerprint density at radius 3 is 1.36 bits per heavy atom. The van der Waals surface area contributed by atoms with E-state index < -0.39 is 36.1 Å². The number of hydrogen-bond acceptors (Lipinski definition) is 10. The Balaban J connectivity index is 2.78. The highest BCUT2D eigenvalue weighted by atomic mass is 16.6. The van der Waals surface area contributed by atoms with Gasteiger partial charge in [0, 0.05) is 12.2 Å². The van der Waals surface area contributed by atoms with Gasteiger partial charge in [0.2, 0.25) is 0 Å². The Hall–Kier alpha value is -4.34. The molecule has 0 fully saturated rings. The summed E-state index contributed by atoms with van der Waals surface area (Å²) in [7, 11) is 0. The SMILES string of the molecule is C=COCC(COC(=O)/C=C/C)OC(=O)c1ccc(C(=O)OC(COC=C)COC(=O)/C=C/C)cc1. The second kappa shape index (κ2) is 17.1. The van der Waals surface area contributed by atoms with Crippen molar-refractivity contribution >= 4 is 23.9 Å². The van der Waals surface area contributed by atoms with E-state index >= 15 is 0 Å². The molecule has 0 heterocycles. The maximum atomic E-state index is 12.5. The lowest BCUT2D eigenvalue weighted by atomic mass is 10.1. The zero-order valence-electron chi connectivity index (χ0n) is 20.3. The zero-order valence-corrected chi connectivity index (χ0v) is 20.3. The average Bonchev–Trinajstić information content (AvgIpc) is 2.87. The van der Waals surface area contributed by atoms with Gasteiger partial charge in [-0.2, -0.15) is 0 Å². The lowest BCUT2D eigenvalue weighted by Crippen LogP contribution is -2.29. The van der Waals surface area contributed by atoms with E-state index in [2.05, 4.69) is 13.2 Å². The first-order chi connectivity index (χ1) is 17.3. The van der Waals surface area contributed by atoms with Crippen molar-refractivity contribution in [2.24, 2.45) is 0 Å². The van der Waals surface area contributed by atoms with Crippen LogP contribution in [0.5, 0.6) is 0 Å².